The van der Waals surface area contributed by atoms with E-state index in [0.717, 1.165) is 42.4 Å². The molecule has 2 heterocycles. The maximum Gasteiger partial charge on any atom is 0.315 e. The second kappa shape index (κ2) is 7.87. The molecule has 0 saturated carbocycles. The van der Waals surface area contributed by atoms with Gasteiger partial charge in [-0.05, 0) is 56.0 Å². The Bertz CT molecular complexity index is 638. The van der Waals surface area contributed by atoms with Gasteiger partial charge < -0.3 is 20.9 Å². The van der Waals surface area contributed by atoms with E-state index < -0.39 is 0 Å². The number of hydrogen-bond acceptors (Lipinski definition) is 3. The Kier molecular flexibility index (Phi) is 5.58. The molecular formula is C19H28N4O2. The number of urea groups is 1. The topological polar surface area (TPSA) is 73.5 Å². The fourth-order valence-corrected chi connectivity index (χ4v) is 3.46. The zero-order chi connectivity index (χ0) is 17.8. The normalized spacial score (nSPS) is 19.2. The van der Waals surface area contributed by atoms with Gasteiger partial charge in [0.05, 0.1) is 12.5 Å². The van der Waals surface area contributed by atoms with E-state index >= 15 is 0 Å². The summed E-state index contributed by atoms with van der Waals surface area (Å²) in [5, 5.41) is 8.74. The van der Waals surface area contributed by atoms with Gasteiger partial charge in [0.25, 0.3) is 0 Å². The van der Waals surface area contributed by atoms with E-state index in [1.165, 1.54) is 12.8 Å². The lowest BCUT2D eigenvalue weighted by atomic mass is 9.99. The van der Waals surface area contributed by atoms with E-state index in [4.69, 9.17) is 0 Å². The summed E-state index contributed by atoms with van der Waals surface area (Å²) in [5.41, 5.74) is 2.88. The van der Waals surface area contributed by atoms with Crippen molar-refractivity contribution in [2.45, 2.75) is 39.2 Å². The maximum atomic E-state index is 12.1. The van der Waals surface area contributed by atoms with Crippen molar-refractivity contribution in [3.05, 3.63) is 29.3 Å². The van der Waals surface area contributed by atoms with Crippen molar-refractivity contribution in [3.8, 4) is 0 Å². The highest BCUT2D eigenvalue weighted by Crippen LogP contribution is 2.26. The van der Waals surface area contributed by atoms with Crippen molar-refractivity contribution in [2.24, 2.45) is 5.92 Å². The van der Waals surface area contributed by atoms with Gasteiger partial charge in [-0.2, -0.15) is 0 Å². The van der Waals surface area contributed by atoms with E-state index in [2.05, 4.69) is 27.8 Å². The van der Waals surface area contributed by atoms with Gasteiger partial charge in [-0.3, -0.25) is 4.79 Å². The predicted molar refractivity (Wildman–Crippen MR) is 98.6 cm³/mol. The lowest BCUT2D eigenvalue weighted by molar-refractivity contribution is -0.115. The van der Waals surface area contributed by atoms with Crippen LogP contribution < -0.4 is 16.0 Å². The monoisotopic (exact) mass is 344 g/mol. The highest BCUT2D eigenvalue weighted by atomic mass is 16.2. The lowest BCUT2D eigenvalue weighted by Gasteiger charge is -2.30. The van der Waals surface area contributed by atoms with Crippen molar-refractivity contribution in [3.63, 3.8) is 0 Å². The fraction of sp³-hybridized carbons (Fsp3) is 0.579. The van der Waals surface area contributed by atoms with E-state index in [0.29, 0.717) is 13.0 Å². The molecule has 6 heteroatoms. The van der Waals surface area contributed by atoms with Crippen molar-refractivity contribution < 1.29 is 9.59 Å². The van der Waals surface area contributed by atoms with Crippen LogP contribution in [0.2, 0.25) is 0 Å². The Morgan fingerprint density at radius 2 is 2.12 bits per heavy atom. The number of benzene rings is 1. The molecule has 0 radical (unpaired) electrons. The molecule has 3 N–H and O–H groups in total. The van der Waals surface area contributed by atoms with E-state index in [9.17, 15) is 9.59 Å². The molecule has 0 aliphatic carbocycles. The van der Waals surface area contributed by atoms with E-state index in [1.54, 1.807) is 0 Å². The molecule has 3 amide bonds. The fourth-order valence-electron chi connectivity index (χ4n) is 3.46. The molecule has 1 aromatic carbocycles. The molecule has 0 spiro atoms. The van der Waals surface area contributed by atoms with Crippen molar-refractivity contribution in [2.75, 3.05) is 31.5 Å². The van der Waals surface area contributed by atoms with Crippen molar-refractivity contribution in [1.82, 2.24) is 15.5 Å². The zero-order valence-corrected chi connectivity index (χ0v) is 15.1. The first kappa shape index (κ1) is 17.7. The van der Waals surface area contributed by atoms with Gasteiger partial charge in [0.2, 0.25) is 5.91 Å². The summed E-state index contributed by atoms with van der Waals surface area (Å²) < 4.78 is 0. The zero-order valence-electron chi connectivity index (χ0n) is 15.1. The first-order chi connectivity index (χ1) is 12.0. The molecule has 25 heavy (non-hydrogen) atoms. The maximum absolute atomic E-state index is 12.1. The number of amides is 3. The molecule has 136 valence electrons. The molecule has 1 fully saturated rings. The van der Waals surface area contributed by atoms with Crippen LogP contribution in [0.15, 0.2) is 18.2 Å². The summed E-state index contributed by atoms with van der Waals surface area (Å²) in [6, 6.07) is 5.60. The molecule has 1 saturated heterocycles. The summed E-state index contributed by atoms with van der Waals surface area (Å²) in [7, 11) is 0. The standard InChI is InChI=1S/C19H28N4O2/c1-13-5-8-23(9-6-13)10-7-20-19(25)21-14(2)15-3-4-17-16(11-15)12-18(24)22-17/h3-4,11,13-14H,5-10,12H2,1-2H3,(H,22,24)(H2,20,21,25)/t14-/m1/s1. The minimum Gasteiger partial charge on any atom is -0.337 e. The van der Waals surface area contributed by atoms with Crippen LogP contribution in [-0.2, 0) is 11.2 Å². The Morgan fingerprint density at radius 1 is 1.36 bits per heavy atom. The third kappa shape index (κ3) is 4.72. The summed E-state index contributed by atoms with van der Waals surface area (Å²) in [6.45, 7) is 8.08. The third-order valence-corrected chi connectivity index (χ3v) is 5.19. The molecule has 3 rings (SSSR count). The Balaban J connectivity index is 1.42. The SMILES string of the molecule is CC1CCN(CCNC(=O)N[C@H](C)c2ccc3c(c2)CC(=O)N3)CC1. The number of carbonyl (C=O) groups excluding carboxylic acids is 2. The number of nitrogens with zero attached hydrogens (tertiary/aromatic N) is 1. The average molecular weight is 344 g/mol. The van der Waals surface area contributed by atoms with Gasteiger partial charge in [-0.25, -0.2) is 4.79 Å². The number of carbonyl (C=O) groups is 2. The quantitative estimate of drug-likeness (QED) is 0.767. The average Bonchev–Trinajstić information content (AvgIpc) is 2.95. The minimum atomic E-state index is -0.146. The molecule has 0 unspecified atom stereocenters. The summed E-state index contributed by atoms with van der Waals surface area (Å²) in [5.74, 6) is 0.851. The minimum absolute atomic E-state index is 0.0256. The van der Waals surface area contributed by atoms with Crippen LogP contribution in [0.3, 0.4) is 0 Å². The summed E-state index contributed by atoms with van der Waals surface area (Å²) >= 11 is 0. The Labute approximate surface area is 149 Å². The van der Waals surface area contributed by atoms with Crippen LogP contribution in [0.25, 0.3) is 0 Å². The summed E-state index contributed by atoms with van der Waals surface area (Å²) in [4.78, 5) is 25.9. The molecule has 2 aliphatic rings. The first-order valence-corrected chi connectivity index (χ1v) is 9.20. The van der Waals surface area contributed by atoms with Crippen LogP contribution in [0.5, 0.6) is 0 Å². The van der Waals surface area contributed by atoms with E-state index in [-0.39, 0.29) is 18.0 Å². The number of likely N-dealkylation sites (tertiary alicyclic amines) is 1. The van der Waals surface area contributed by atoms with Gasteiger partial charge in [0.15, 0.2) is 0 Å². The van der Waals surface area contributed by atoms with E-state index in [1.807, 2.05) is 25.1 Å². The molecule has 0 bridgehead atoms. The van der Waals surface area contributed by atoms with Crippen LogP contribution in [0.4, 0.5) is 10.5 Å². The Hall–Kier alpha value is -2.08. The van der Waals surface area contributed by atoms with Gasteiger partial charge in [0.1, 0.15) is 0 Å². The van der Waals surface area contributed by atoms with Gasteiger partial charge in [-0.1, -0.05) is 19.1 Å². The number of piperidine rings is 1. The molecule has 1 aromatic rings. The smallest absolute Gasteiger partial charge is 0.315 e. The highest BCUT2D eigenvalue weighted by molar-refractivity contribution is 5.99. The second-order valence-corrected chi connectivity index (χ2v) is 7.29. The first-order valence-electron chi connectivity index (χ1n) is 9.20. The predicted octanol–water partition coefficient (Wildman–Crippen LogP) is 2.27. The molecule has 1 atom stereocenters. The Morgan fingerprint density at radius 3 is 2.88 bits per heavy atom. The number of hydrogen-bond donors (Lipinski definition) is 3. The van der Waals surface area contributed by atoms with Crippen molar-refractivity contribution in [1.29, 1.82) is 0 Å². The highest BCUT2D eigenvalue weighted by Gasteiger charge is 2.19. The van der Waals surface area contributed by atoms with Crippen molar-refractivity contribution >= 4 is 17.6 Å². The van der Waals surface area contributed by atoms with Gasteiger partial charge in [0, 0.05) is 18.8 Å². The van der Waals surface area contributed by atoms with Crippen LogP contribution in [-0.4, -0.2) is 43.0 Å². The van der Waals surface area contributed by atoms with Gasteiger partial charge >= 0.3 is 6.03 Å². The van der Waals surface area contributed by atoms with Crippen LogP contribution in [0.1, 0.15) is 43.9 Å². The molecule has 6 nitrogen and oxygen atoms in total. The second-order valence-electron chi connectivity index (χ2n) is 7.29. The number of fused-ring (bicyclic) bond motifs is 1. The molecule has 2 aliphatic heterocycles. The number of nitrogens with one attached hydrogen (secondary N) is 3. The molecular weight excluding hydrogens is 316 g/mol. The largest absolute Gasteiger partial charge is 0.337 e. The third-order valence-electron chi connectivity index (χ3n) is 5.19. The number of anilines is 1. The summed E-state index contributed by atoms with van der Waals surface area (Å²) in [6.07, 6.45) is 2.91. The van der Waals surface area contributed by atoms with Crippen LogP contribution in [0, 0.1) is 5.92 Å². The lowest BCUT2D eigenvalue weighted by Crippen LogP contribution is -2.43. The number of rotatable bonds is 5. The molecule has 0 aromatic heterocycles. The van der Waals surface area contributed by atoms with Crippen LogP contribution >= 0.6 is 0 Å². The van der Waals surface area contributed by atoms with Gasteiger partial charge in [-0.15, -0.1) is 0 Å².